The van der Waals surface area contributed by atoms with Crippen molar-refractivity contribution in [1.82, 2.24) is 20.8 Å². The van der Waals surface area contributed by atoms with Crippen molar-refractivity contribution in [2.24, 2.45) is 5.41 Å². The molecule has 0 spiro atoms. The third-order valence-corrected chi connectivity index (χ3v) is 3.09. The van der Waals surface area contributed by atoms with Crippen LogP contribution in [0.2, 0.25) is 0 Å². The Kier molecular flexibility index (Phi) is 3.68. The van der Waals surface area contributed by atoms with E-state index in [1.807, 2.05) is 0 Å². The fraction of sp³-hybridized carbons (Fsp3) is 0.636. The molecule has 8 nitrogen and oxygen atoms in total. The number of carboxylic acid groups (broad SMARTS) is 1. The number of nitrogens with one attached hydrogen (secondary N) is 2. The van der Waals surface area contributed by atoms with Crippen molar-refractivity contribution in [3.05, 3.63) is 11.7 Å². The van der Waals surface area contributed by atoms with Crippen LogP contribution in [0, 0.1) is 12.3 Å². The molecule has 1 aliphatic rings. The summed E-state index contributed by atoms with van der Waals surface area (Å²) in [4.78, 5) is 26.4. The highest BCUT2D eigenvalue weighted by Crippen LogP contribution is 2.45. The predicted molar refractivity (Wildman–Crippen MR) is 63.4 cm³/mol. The van der Waals surface area contributed by atoms with Crippen LogP contribution in [0.3, 0.4) is 0 Å². The first-order valence-corrected chi connectivity index (χ1v) is 6.06. The zero-order chi connectivity index (χ0) is 13.9. The van der Waals surface area contributed by atoms with Gasteiger partial charge >= 0.3 is 12.0 Å². The normalized spacial score (nSPS) is 15.8. The van der Waals surface area contributed by atoms with E-state index in [4.69, 9.17) is 9.63 Å². The maximum absolute atomic E-state index is 11.5. The predicted octanol–water partition coefficient (Wildman–Crippen LogP) is 0.0845. The van der Waals surface area contributed by atoms with Gasteiger partial charge in [0, 0.05) is 19.5 Å². The summed E-state index contributed by atoms with van der Waals surface area (Å²) in [5.74, 6) is 0.160. The summed E-state index contributed by atoms with van der Waals surface area (Å²) >= 11 is 0. The maximum Gasteiger partial charge on any atom is 0.314 e. The van der Waals surface area contributed by atoms with Crippen molar-refractivity contribution in [2.75, 3.05) is 13.1 Å². The molecule has 1 fully saturated rings. The second kappa shape index (κ2) is 5.25. The number of carbonyl (C=O) groups excluding carboxylic acids is 1. The molecule has 19 heavy (non-hydrogen) atoms. The van der Waals surface area contributed by atoms with Crippen LogP contribution in [0.1, 0.15) is 24.6 Å². The average molecular weight is 268 g/mol. The highest BCUT2D eigenvalue weighted by Gasteiger charge is 2.50. The largest absolute Gasteiger partial charge is 0.481 e. The van der Waals surface area contributed by atoms with Gasteiger partial charge in [0.2, 0.25) is 5.89 Å². The van der Waals surface area contributed by atoms with Crippen molar-refractivity contribution in [3.8, 4) is 0 Å². The van der Waals surface area contributed by atoms with Crippen molar-refractivity contribution >= 4 is 12.0 Å². The van der Waals surface area contributed by atoms with Crippen LogP contribution in [-0.4, -0.2) is 40.3 Å². The molecular formula is C11H16N4O4. The summed E-state index contributed by atoms with van der Waals surface area (Å²) in [5.41, 5.74) is -0.749. The fourth-order valence-corrected chi connectivity index (χ4v) is 1.65. The number of aryl methyl sites for hydroxylation is 1. The standard InChI is InChI=1S/C11H16N4O4/c1-7-14-8(19-15-7)2-5-12-10(18)13-6-11(3-4-11)9(16)17/h2-6H2,1H3,(H,16,17)(H2,12,13,18). The highest BCUT2D eigenvalue weighted by molar-refractivity contribution is 5.80. The number of carbonyl (C=O) groups is 2. The van der Waals surface area contributed by atoms with Gasteiger partial charge in [-0.05, 0) is 19.8 Å². The Bertz CT molecular complexity index is 481. The lowest BCUT2D eigenvalue weighted by molar-refractivity contribution is -0.143. The summed E-state index contributed by atoms with van der Waals surface area (Å²) in [6.07, 6.45) is 1.67. The van der Waals surface area contributed by atoms with Crippen LogP contribution in [0.25, 0.3) is 0 Å². The first-order valence-electron chi connectivity index (χ1n) is 6.06. The molecule has 0 bridgehead atoms. The van der Waals surface area contributed by atoms with Gasteiger partial charge in [-0.3, -0.25) is 4.79 Å². The van der Waals surface area contributed by atoms with Gasteiger partial charge in [-0.25, -0.2) is 4.79 Å². The summed E-state index contributed by atoms with van der Waals surface area (Å²) in [7, 11) is 0. The first kappa shape index (κ1) is 13.3. The Hall–Kier alpha value is -2.12. The SMILES string of the molecule is Cc1noc(CCNC(=O)NCC2(C(=O)O)CC2)n1. The van der Waals surface area contributed by atoms with Crippen LogP contribution in [0.4, 0.5) is 4.79 Å². The van der Waals surface area contributed by atoms with E-state index in [9.17, 15) is 9.59 Å². The Labute approximate surface area is 109 Å². The van der Waals surface area contributed by atoms with Crippen molar-refractivity contribution < 1.29 is 19.2 Å². The van der Waals surface area contributed by atoms with E-state index >= 15 is 0 Å². The van der Waals surface area contributed by atoms with Gasteiger partial charge in [-0.15, -0.1) is 0 Å². The van der Waals surface area contributed by atoms with Gasteiger partial charge in [0.25, 0.3) is 0 Å². The van der Waals surface area contributed by atoms with Crippen LogP contribution >= 0.6 is 0 Å². The van der Waals surface area contributed by atoms with E-state index in [2.05, 4.69) is 20.8 Å². The quantitative estimate of drug-likeness (QED) is 0.672. The molecule has 1 saturated carbocycles. The zero-order valence-corrected chi connectivity index (χ0v) is 10.6. The molecule has 104 valence electrons. The molecule has 1 aromatic heterocycles. The number of carboxylic acids is 1. The third-order valence-electron chi connectivity index (χ3n) is 3.09. The molecule has 0 atom stereocenters. The number of aromatic nitrogens is 2. The summed E-state index contributed by atoms with van der Waals surface area (Å²) < 4.78 is 4.89. The smallest absolute Gasteiger partial charge is 0.314 e. The maximum atomic E-state index is 11.5. The Morgan fingerprint density at radius 2 is 2.16 bits per heavy atom. The molecule has 2 amide bonds. The van der Waals surface area contributed by atoms with Crippen molar-refractivity contribution in [3.63, 3.8) is 0 Å². The fourth-order valence-electron chi connectivity index (χ4n) is 1.65. The molecule has 0 radical (unpaired) electrons. The lowest BCUT2D eigenvalue weighted by Crippen LogP contribution is -2.41. The molecule has 3 N–H and O–H groups in total. The first-order chi connectivity index (χ1) is 9.02. The second-order valence-electron chi connectivity index (χ2n) is 4.68. The number of urea groups is 1. The van der Waals surface area contributed by atoms with E-state index < -0.39 is 11.4 Å². The molecule has 0 saturated heterocycles. The number of hydrogen-bond donors (Lipinski definition) is 3. The van der Waals surface area contributed by atoms with Gasteiger partial charge in [0.15, 0.2) is 5.82 Å². The minimum absolute atomic E-state index is 0.161. The van der Waals surface area contributed by atoms with Gasteiger partial charge in [-0.2, -0.15) is 4.98 Å². The Morgan fingerprint density at radius 3 is 2.68 bits per heavy atom. The van der Waals surface area contributed by atoms with E-state index in [1.54, 1.807) is 6.92 Å². The van der Waals surface area contributed by atoms with Gasteiger partial charge < -0.3 is 20.3 Å². The topological polar surface area (TPSA) is 117 Å². The average Bonchev–Trinajstić information content (AvgIpc) is 3.05. The van der Waals surface area contributed by atoms with Crippen LogP contribution in [0.15, 0.2) is 4.52 Å². The number of nitrogens with zero attached hydrogens (tertiary/aromatic N) is 2. The summed E-state index contributed by atoms with van der Waals surface area (Å²) in [6, 6.07) is -0.385. The lowest BCUT2D eigenvalue weighted by atomic mass is 10.1. The van der Waals surface area contributed by atoms with Gasteiger partial charge in [0.05, 0.1) is 5.41 Å². The van der Waals surface area contributed by atoms with E-state index in [-0.39, 0.29) is 12.6 Å². The number of aliphatic carboxylic acids is 1. The molecule has 0 aromatic carbocycles. The second-order valence-corrected chi connectivity index (χ2v) is 4.68. The molecule has 2 rings (SSSR count). The summed E-state index contributed by atoms with van der Waals surface area (Å²) in [5, 5.41) is 17.7. The van der Waals surface area contributed by atoms with Crippen LogP contribution in [0.5, 0.6) is 0 Å². The highest BCUT2D eigenvalue weighted by atomic mass is 16.5. The molecule has 0 unspecified atom stereocenters. The number of amides is 2. The summed E-state index contributed by atoms with van der Waals surface area (Å²) in [6.45, 7) is 2.23. The van der Waals surface area contributed by atoms with Crippen molar-refractivity contribution in [2.45, 2.75) is 26.2 Å². The van der Waals surface area contributed by atoms with E-state index in [1.165, 1.54) is 0 Å². The van der Waals surface area contributed by atoms with E-state index in [0.29, 0.717) is 37.5 Å². The Morgan fingerprint density at radius 1 is 1.42 bits per heavy atom. The minimum atomic E-state index is -0.853. The number of rotatable bonds is 6. The van der Waals surface area contributed by atoms with Crippen LogP contribution in [-0.2, 0) is 11.2 Å². The van der Waals surface area contributed by atoms with Crippen molar-refractivity contribution in [1.29, 1.82) is 0 Å². The van der Waals surface area contributed by atoms with Crippen LogP contribution < -0.4 is 10.6 Å². The number of hydrogen-bond acceptors (Lipinski definition) is 5. The van der Waals surface area contributed by atoms with E-state index in [0.717, 1.165) is 0 Å². The molecule has 1 aliphatic carbocycles. The Balaban J connectivity index is 1.64. The molecule has 1 heterocycles. The molecule has 8 heteroatoms. The zero-order valence-electron chi connectivity index (χ0n) is 10.6. The van der Waals surface area contributed by atoms with Gasteiger partial charge in [-0.1, -0.05) is 5.16 Å². The third kappa shape index (κ3) is 3.43. The minimum Gasteiger partial charge on any atom is -0.481 e. The van der Waals surface area contributed by atoms with Gasteiger partial charge in [0.1, 0.15) is 0 Å². The monoisotopic (exact) mass is 268 g/mol. The lowest BCUT2D eigenvalue weighted by Gasteiger charge is -2.11. The molecule has 0 aliphatic heterocycles. The molecular weight excluding hydrogens is 252 g/mol. The molecule has 1 aromatic rings.